The minimum Gasteiger partial charge on any atom is -0.460 e. The fourth-order valence-corrected chi connectivity index (χ4v) is 1.15. The number of Topliss-reactive ketones (excluding diaryl/α,β-unsaturated/α-hetero) is 2. The van der Waals surface area contributed by atoms with Crippen LogP contribution in [0.3, 0.4) is 0 Å². The third-order valence-electron chi connectivity index (χ3n) is 2.00. The van der Waals surface area contributed by atoms with Crippen LogP contribution in [0.4, 0.5) is 0 Å². The Kier molecular flexibility index (Phi) is 4.69. The van der Waals surface area contributed by atoms with Gasteiger partial charge in [0.15, 0.2) is 5.78 Å². The average Bonchev–Trinajstić information content (AvgIpc) is 2.39. The van der Waals surface area contributed by atoms with Crippen molar-refractivity contribution in [2.24, 2.45) is 0 Å². The van der Waals surface area contributed by atoms with Crippen molar-refractivity contribution in [3.63, 3.8) is 0 Å². The quantitative estimate of drug-likeness (QED) is 0.327. The number of esters is 1. The predicted molar refractivity (Wildman–Crippen MR) is 59.5 cm³/mol. The Labute approximate surface area is 103 Å². The predicted octanol–water partition coefficient (Wildman–Crippen LogP) is 0.658. The summed E-state index contributed by atoms with van der Waals surface area (Å²) in [5, 5.41) is 8.55. The molecule has 1 aromatic heterocycles. The Hall–Kier alpha value is -2.55. The molecule has 0 atom stereocenters. The zero-order chi connectivity index (χ0) is 13.5. The van der Waals surface area contributed by atoms with Crippen molar-refractivity contribution < 1.29 is 19.1 Å². The van der Waals surface area contributed by atoms with Gasteiger partial charge in [-0.1, -0.05) is 0 Å². The number of ketones is 2. The lowest BCUT2D eigenvalue weighted by molar-refractivity contribution is -0.153. The van der Waals surface area contributed by atoms with Gasteiger partial charge in [0.2, 0.25) is 5.78 Å². The number of nitrogens with zero attached hydrogens (tertiary/aromatic N) is 2. The number of hydrogen-bond donors (Lipinski definition) is 0. The van der Waals surface area contributed by atoms with Gasteiger partial charge in [-0.3, -0.25) is 14.6 Å². The van der Waals surface area contributed by atoms with Crippen molar-refractivity contribution in [1.29, 1.82) is 5.26 Å². The van der Waals surface area contributed by atoms with E-state index < -0.39 is 24.0 Å². The van der Waals surface area contributed by atoms with Crippen LogP contribution in [0, 0.1) is 11.3 Å². The molecule has 1 aromatic rings. The SMILES string of the molecule is CCOC(=O)C(=O)CC(=O)c1ccc(C#N)cn1. The third kappa shape index (κ3) is 3.49. The first-order valence-corrected chi connectivity index (χ1v) is 5.17. The molecule has 0 N–H and O–H groups in total. The molecule has 0 amide bonds. The number of nitriles is 1. The molecule has 0 aliphatic carbocycles. The maximum atomic E-state index is 11.6. The van der Waals surface area contributed by atoms with Gasteiger partial charge in [-0.05, 0) is 19.1 Å². The first-order chi connectivity index (χ1) is 8.58. The minimum atomic E-state index is -1.03. The molecular weight excluding hydrogens is 236 g/mol. The lowest BCUT2D eigenvalue weighted by atomic mass is 10.1. The first-order valence-electron chi connectivity index (χ1n) is 5.17. The van der Waals surface area contributed by atoms with Gasteiger partial charge >= 0.3 is 5.97 Å². The standard InChI is InChI=1S/C12H10N2O4/c1-2-18-12(17)11(16)5-10(15)9-4-3-8(6-13)7-14-9/h3-4,7H,2,5H2,1H3. The number of pyridine rings is 1. The Morgan fingerprint density at radius 3 is 2.61 bits per heavy atom. The highest BCUT2D eigenvalue weighted by Crippen LogP contribution is 2.03. The Bertz CT molecular complexity index is 514. The van der Waals surface area contributed by atoms with Crippen molar-refractivity contribution >= 4 is 17.5 Å². The fraction of sp³-hybridized carbons (Fsp3) is 0.250. The highest BCUT2D eigenvalue weighted by molar-refractivity contribution is 6.38. The number of carbonyl (C=O) groups is 3. The molecule has 0 fully saturated rings. The molecule has 6 heteroatoms. The van der Waals surface area contributed by atoms with Crippen LogP contribution in [0.2, 0.25) is 0 Å². The van der Waals surface area contributed by atoms with Gasteiger partial charge < -0.3 is 4.74 Å². The van der Waals surface area contributed by atoms with E-state index in [1.54, 1.807) is 6.92 Å². The lowest BCUT2D eigenvalue weighted by Gasteiger charge is -2.00. The van der Waals surface area contributed by atoms with E-state index in [1.807, 2.05) is 6.07 Å². The molecular formula is C12H10N2O4. The van der Waals surface area contributed by atoms with Gasteiger partial charge in [-0.25, -0.2) is 4.79 Å². The molecule has 0 unspecified atom stereocenters. The number of ether oxygens (including phenoxy) is 1. The molecule has 0 bridgehead atoms. The van der Waals surface area contributed by atoms with Crippen LogP contribution in [-0.2, 0) is 14.3 Å². The van der Waals surface area contributed by atoms with Crippen LogP contribution < -0.4 is 0 Å². The van der Waals surface area contributed by atoms with Gasteiger partial charge in [-0.15, -0.1) is 0 Å². The van der Waals surface area contributed by atoms with E-state index in [0.29, 0.717) is 5.56 Å². The Morgan fingerprint density at radius 1 is 1.39 bits per heavy atom. The van der Waals surface area contributed by atoms with Gasteiger partial charge in [-0.2, -0.15) is 5.26 Å². The second kappa shape index (κ2) is 6.25. The molecule has 6 nitrogen and oxygen atoms in total. The number of hydrogen-bond acceptors (Lipinski definition) is 6. The van der Waals surface area contributed by atoms with Crippen LogP contribution in [0.5, 0.6) is 0 Å². The summed E-state index contributed by atoms with van der Waals surface area (Å²) in [5.74, 6) is -2.52. The highest BCUT2D eigenvalue weighted by Gasteiger charge is 2.20. The van der Waals surface area contributed by atoms with Crippen molar-refractivity contribution in [2.45, 2.75) is 13.3 Å². The van der Waals surface area contributed by atoms with Gasteiger partial charge in [0.25, 0.3) is 0 Å². The zero-order valence-electron chi connectivity index (χ0n) is 9.67. The summed E-state index contributed by atoms with van der Waals surface area (Å²) in [7, 11) is 0. The first kappa shape index (κ1) is 13.5. The van der Waals surface area contributed by atoms with E-state index in [0.717, 1.165) is 0 Å². The van der Waals surface area contributed by atoms with E-state index in [4.69, 9.17) is 5.26 Å². The molecule has 0 aromatic carbocycles. The Balaban J connectivity index is 2.68. The second-order valence-corrected chi connectivity index (χ2v) is 3.29. The number of aromatic nitrogens is 1. The maximum Gasteiger partial charge on any atom is 0.375 e. The van der Waals surface area contributed by atoms with Crippen molar-refractivity contribution in [1.82, 2.24) is 4.98 Å². The fourth-order valence-electron chi connectivity index (χ4n) is 1.15. The summed E-state index contributed by atoms with van der Waals surface area (Å²) in [6.07, 6.45) is 0.639. The molecule has 0 aliphatic rings. The lowest BCUT2D eigenvalue weighted by Crippen LogP contribution is -2.21. The minimum absolute atomic E-state index is 0.0339. The summed E-state index contributed by atoms with van der Waals surface area (Å²) in [6.45, 7) is 1.64. The molecule has 0 aliphatic heterocycles. The normalized spacial score (nSPS) is 9.33. The average molecular weight is 246 g/mol. The molecule has 1 heterocycles. The van der Waals surface area contributed by atoms with Crippen LogP contribution in [-0.4, -0.2) is 29.1 Å². The van der Waals surface area contributed by atoms with E-state index in [9.17, 15) is 14.4 Å². The van der Waals surface area contributed by atoms with Crippen LogP contribution in [0.25, 0.3) is 0 Å². The number of rotatable bonds is 5. The summed E-state index contributed by atoms with van der Waals surface area (Å²) in [5.41, 5.74) is 0.343. The number of carbonyl (C=O) groups excluding carboxylic acids is 3. The molecule has 0 saturated carbocycles. The largest absolute Gasteiger partial charge is 0.460 e. The Morgan fingerprint density at radius 2 is 2.11 bits per heavy atom. The highest BCUT2D eigenvalue weighted by atomic mass is 16.5. The van der Waals surface area contributed by atoms with Crippen molar-refractivity contribution in [2.75, 3.05) is 6.61 Å². The molecule has 18 heavy (non-hydrogen) atoms. The molecule has 1 rings (SSSR count). The van der Waals surface area contributed by atoms with Crippen molar-refractivity contribution in [3.05, 3.63) is 29.6 Å². The molecule has 92 valence electrons. The van der Waals surface area contributed by atoms with Crippen LogP contribution >= 0.6 is 0 Å². The van der Waals surface area contributed by atoms with E-state index >= 15 is 0 Å². The summed E-state index contributed by atoms with van der Waals surface area (Å²) in [6, 6.07) is 4.60. The third-order valence-corrected chi connectivity index (χ3v) is 2.00. The van der Waals surface area contributed by atoms with Crippen LogP contribution in [0.1, 0.15) is 29.4 Å². The maximum absolute atomic E-state index is 11.6. The summed E-state index contributed by atoms with van der Waals surface area (Å²) >= 11 is 0. The van der Waals surface area contributed by atoms with E-state index in [1.165, 1.54) is 18.3 Å². The van der Waals surface area contributed by atoms with E-state index in [-0.39, 0.29) is 12.3 Å². The van der Waals surface area contributed by atoms with Crippen LogP contribution in [0.15, 0.2) is 18.3 Å². The monoisotopic (exact) mass is 246 g/mol. The van der Waals surface area contributed by atoms with Gasteiger partial charge in [0.1, 0.15) is 11.8 Å². The summed E-state index contributed by atoms with van der Waals surface area (Å²) in [4.78, 5) is 37.6. The smallest absolute Gasteiger partial charge is 0.375 e. The van der Waals surface area contributed by atoms with E-state index in [2.05, 4.69) is 9.72 Å². The molecule has 0 radical (unpaired) electrons. The molecule has 0 spiro atoms. The topological polar surface area (TPSA) is 97.1 Å². The zero-order valence-corrected chi connectivity index (χ0v) is 9.67. The van der Waals surface area contributed by atoms with Gasteiger partial charge in [0, 0.05) is 6.20 Å². The van der Waals surface area contributed by atoms with Gasteiger partial charge in [0.05, 0.1) is 18.6 Å². The second-order valence-electron chi connectivity index (χ2n) is 3.29. The van der Waals surface area contributed by atoms with Crippen molar-refractivity contribution in [3.8, 4) is 6.07 Å². The summed E-state index contributed by atoms with van der Waals surface area (Å²) < 4.78 is 4.47. The molecule has 0 saturated heterocycles.